The van der Waals surface area contributed by atoms with Crippen LogP contribution in [0, 0.1) is 0 Å². The minimum Gasteiger partial charge on any atom is -0.371 e. The van der Waals surface area contributed by atoms with E-state index >= 15 is 0 Å². The molecule has 1 nitrogen and oxygen atoms in total. The predicted octanol–water partition coefficient (Wildman–Crippen LogP) is 4.13. The highest BCUT2D eigenvalue weighted by Crippen LogP contribution is 2.22. The minimum atomic E-state index is -0.0842. The molecule has 0 bridgehead atoms. The molecule has 1 heteroatoms. The first kappa shape index (κ1) is 12.1. The predicted molar refractivity (Wildman–Crippen MR) is 72.9 cm³/mol. The van der Waals surface area contributed by atoms with Gasteiger partial charge in [-0.25, -0.2) is 0 Å². The van der Waals surface area contributed by atoms with Gasteiger partial charge in [0.15, 0.2) is 0 Å². The summed E-state index contributed by atoms with van der Waals surface area (Å²) in [4.78, 5) is 0. The molecule has 0 spiro atoms. The Labute approximate surface area is 104 Å². The molecule has 90 valence electrons. The van der Waals surface area contributed by atoms with Crippen LogP contribution in [0.4, 0.5) is 0 Å². The van der Waals surface area contributed by atoms with Crippen LogP contribution in [0.2, 0.25) is 0 Å². The van der Waals surface area contributed by atoms with Gasteiger partial charge in [-0.2, -0.15) is 0 Å². The highest BCUT2D eigenvalue weighted by atomic mass is 16.5. The van der Waals surface area contributed by atoms with Crippen LogP contribution in [-0.2, 0) is 17.8 Å². The van der Waals surface area contributed by atoms with Crippen LogP contribution in [0.25, 0.3) is 6.08 Å². The Morgan fingerprint density at radius 1 is 1.18 bits per heavy atom. The molecule has 0 fully saturated rings. The molecule has 0 unspecified atom stereocenters. The summed E-state index contributed by atoms with van der Waals surface area (Å²) in [5.74, 6) is 0. The maximum atomic E-state index is 5.87. The Hall–Kier alpha value is -1.34. The molecule has 0 heterocycles. The first-order valence-electron chi connectivity index (χ1n) is 6.14. The average Bonchev–Trinajstić information content (AvgIpc) is 2.50. The summed E-state index contributed by atoms with van der Waals surface area (Å²) >= 11 is 0. The van der Waals surface area contributed by atoms with Gasteiger partial charge >= 0.3 is 0 Å². The molecule has 0 radical (unpaired) electrons. The number of allylic oxidation sites excluding steroid dienone is 3. The highest BCUT2D eigenvalue weighted by molar-refractivity contribution is 5.59. The lowest BCUT2D eigenvalue weighted by molar-refractivity contribution is -0.0152. The third-order valence-corrected chi connectivity index (χ3v) is 2.81. The molecular weight excluding hydrogens is 208 g/mol. The van der Waals surface area contributed by atoms with Gasteiger partial charge in [0.05, 0.1) is 12.2 Å². The Morgan fingerprint density at radius 3 is 2.76 bits per heavy atom. The van der Waals surface area contributed by atoms with Crippen molar-refractivity contribution in [2.75, 3.05) is 0 Å². The van der Waals surface area contributed by atoms with Gasteiger partial charge in [-0.3, -0.25) is 0 Å². The van der Waals surface area contributed by atoms with Crippen molar-refractivity contribution in [3.63, 3.8) is 0 Å². The minimum absolute atomic E-state index is 0.0842. The van der Waals surface area contributed by atoms with Crippen LogP contribution in [0.1, 0.15) is 37.5 Å². The first-order valence-corrected chi connectivity index (χ1v) is 6.14. The van der Waals surface area contributed by atoms with Crippen molar-refractivity contribution in [2.45, 2.75) is 39.4 Å². The molecule has 0 saturated heterocycles. The van der Waals surface area contributed by atoms with Gasteiger partial charge in [-0.1, -0.05) is 42.5 Å². The SMILES string of the molecule is CC(C)(C)OCc1cccc2c1CC=CC=C2. The number of ether oxygens (including phenoxy) is 1. The van der Waals surface area contributed by atoms with Crippen LogP contribution in [0.3, 0.4) is 0 Å². The van der Waals surface area contributed by atoms with E-state index in [4.69, 9.17) is 4.74 Å². The summed E-state index contributed by atoms with van der Waals surface area (Å²) in [6.07, 6.45) is 9.56. The average molecular weight is 228 g/mol. The maximum absolute atomic E-state index is 5.87. The van der Waals surface area contributed by atoms with E-state index in [0.717, 1.165) is 6.42 Å². The van der Waals surface area contributed by atoms with E-state index in [9.17, 15) is 0 Å². The fourth-order valence-electron chi connectivity index (χ4n) is 1.91. The van der Waals surface area contributed by atoms with E-state index in [2.05, 4.69) is 63.3 Å². The van der Waals surface area contributed by atoms with E-state index in [-0.39, 0.29) is 5.60 Å². The summed E-state index contributed by atoms with van der Waals surface area (Å²) < 4.78 is 5.87. The van der Waals surface area contributed by atoms with Crippen molar-refractivity contribution < 1.29 is 4.74 Å². The Balaban J connectivity index is 2.24. The standard InChI is InChI=1S/C16H20O/c1-16(2,3)17-12-14-10-7-9-13-8-5-4-6-11-15(13)14/h4-10H,11-12H2,1-3H3. The zero-order valence-electron chi connectivity index (χ0n) is 10.9. The van der Waals surface area contributed by atoms with E-state index in [1.165, 1.54) is 16.7 Å². The summed E-state index contributed by atoms with van der Waals surface area (Å²) in [5, 5.41) is 0. The first-order chi connectivity index (χ1) is 8.06. The number of hydrogen-bond acceptors (Lipinski definition) is 1. The lowest BCUT2D eigenvalue weighted by Crippen LogP contribution is -2.19. The van der Waals surface area contributed by atoms with Gasteiger partial charge in [0, 0.05) is 0 Å². The largest absolute Gasteiger partial charge is 0.371 e. The van der Waals surface area contributed by atoms with Crippen LogP contribution in [-0.4, -0.2) is 5.60 Å². The third kappa shape index (κ3) is 3.31. The highest BCUT2D eigenvalue weighted by Gasteiger charge is 2.13. The van der Waals surface area contributed by atoms with Crippen molar-refractivity contribution in [2.24, 2.45) is 0 Å². The van der Waals surface area contributed by atoms with E-state index in [1.807, 2.05) is 0 Å². The van der Waals surface area contributed by atoms with Gasteiger partial charge in [-0.05, 0) is 43.9 Å². The Kier molecular flexibility index (Phi) is 3.49. The van der Waals surface area contributed by atoms with Gasteiger partial charge in [0.1, 0.15) is 0 Å². The van der Waals surface area contributed by atoms with Crippen molar-refractivity contribution in [3.8, 4) is 0 Å². The molecular formula is C16H20O. The summed E-state index contributed by atoms with van der Waals surface area (Å²) in [6, 6.07) is 6.44. The molecule has 0 saturated carbocycles. The molecule has 1 aliphatic carbocycles. The molecule has 0 aromatic heterocycles. The van der Waals surface area contributed by atoms with E-state index < -0.39 is 0 Å². The van der Waals surface area contributed by atoms with Crippen molar-refractivity contribution in [1.82, 2.24) is 0 Å². The van der Waals surface area contributed by atoms with Gasteiger partial charge in [-0.15, -0.1) is 0 Å². The molecule has 1 aromatic rings. The van der Waals surface area contributed by atoms with Crippen LogP contribution >= 0.6 is 0 Å². The Bertz CT molecular complexity index is 447. The van der Waals surface area contributed by atoms with Gasteiger partial charge < -0.3 is 4.74 Å². The fraction of sp³-hybridized carbons (Fsp3) is 0.375. The molecule has 0 N–H and O–H groups in total. The third-order valence-electron chi connectivity index (χ3n) is 2.81. The molecule has 0 amide bonds. The zero-order chi connectivity index (χ0) is 12.3. The summed E-state index contributed by atoms with van der Waals surface area (Å²) in [7, 11) is 0. The second-order valence-electron chi connectivity index (χ2n) is 5.38. The van der Waals surface area contributed by atoms with Gasteiger partial charge in [0.2, 0.25) is 0 Å². The smallest absolute Gasteiger partial charge is 0.0727 e. The number of benzene rings is 1. The van der Waals surface area contributed by atoms with Crippen LogP contribution in [0.5, 0.6) is 0 Å². The Morgan fingerprint density at radius 2 is 2.00 bits per heavy atom. The maximum Gasteiger partial charge on any atom is 0.0727 e. The topological polar surface area (TPSA) is 9.23 Å². The molecule has 0 atom stereocenters. The summed E-state index contributed by atoms with van der Waals surface area (Å²) in [6.45, 7) is 6.96. The van der Waals surface area contributed by atoms with Crippen LogP contribution in [0.15, 0.2) is 36.4 Å². The molecule has 1 aromatic carbocycles. The number of hydrogen-bond donors (Lipinski definition) is 0. The number of rotatable bonds is 2. The lowest BCUT2D eigenvalue weighted by Gasteiger charge is -2.21. The van der Waals surface area contributed by atoms with Crippen molar-refractivity contribution >= 4 is 6.08 Å². The van der Waals surface area contributed by atoms with Crippen LogP contribution < -0.4 is 0 Å². The van der Waals surface area contributed by atoms with E-state index in [0.29, 0.717) is 6.61 Å². The van der Waals surface area contributed by atoms with Crippen molar-refractivity contribution in [1.29, 1.82) is 0 Å². The van der Waals surface area contributed by atoms with E-state index in [1.54, 1.807) is 0 Å². The quantitative estimate of drug-likeness (QED) is 0.739. The second-order valence-corrected chi connectivity index (χ2v) is 5.38. The zero-order valence-corrected chi connectivity index (χ0v) is 10.9. The van der Waals surface area contributed by atoms with Gasteiger partial charge in [0.25, 0.3) is 0 Å². The second kappa shape index (κ2) is 4.89. The molecule has 1 aliphatic rings. The van der Waals surface area contributed by atoms with Crippen molar-refractivity contribution in [3.05, 3.63) is 53.1 Å². The summed E-state index contributed by atoms with van der Waals surface area (Å²) in [5.41, 5.74) is 3.92. The monoisotopic (exact) mass is 228 g/mol. The fourth-order valence-corrected chi connectivity index (χ4v) is 1.91. The lowest BCUT2D eigenvalue weighted by atomic mass is 9.99. The molecule has 17 heavy (non-hydrogen) atoms. The molecule has 2 rings (SSSR count). The molecule has 0 aliphatic heterocycles. The normalized spacial score (nSPS) is 14.5. The number of fused-ring (bicyclic) bond motifs is 1.